The maximum absolute atomic E-state index is 13.6. The SMILES string of the molecule is CC(C)N(CC1CN(Cc2cccnc2)CC1c1ccc(F)cc1)C(=O)c1ccc(F)cc1. The van der Waals surface area contributed by atoms with Gasteiger partial charge in [0, 0.05) is 56.1 Å². The number of pyridine rings is 1. The number of carbonyl (C=O) groups excluding carboxylic acids is 1. The van der Waals surface area contributed by atoms with E-state index in [1.54, 1.807) is 6.20 Å². The second-order valence-corrected chi connectivity index (χ2v) is 9.03. The summed E-state index contributed by atoms with van der Waals surface area (Å²) in [6.45, 7) is 6.97. The fourth-order valence-electron chi connectivity index (χ4n) is 4.65. The Bertz CT molecular complexity index is 1050. The Hall–Kier alpha value is -3.12. The molecule has 4 rings (SSSR count). The molecule has 2 aromatic carbocycles. The third-order valence-corrected chi connectivity index (χ3v) is 6.35. The summed E-state index contributed by atoms with van der Waals surface area (Å²) in [5.74, 6) is -0.367. The van der Waals surface area contributed by atoms with Gasteiger partial charge in [0.2, 0.25) is 0 Å². The number of benzene rings is 2. The number of carbonyl (C=O) groups is 1. The zero-order valence-corrected chi connectivity index (χ0v) is 19.0. The summed E-state index contributed by atoms with van der Waals surface area (Å²) in [6.07, 6.45) is 3.64. The predicted octanol–water partition coefficient (Wildman–Crippen LogP) is 5.13. The van der Waals surface area contributed by atoms with Crippen molar-refractivity contribution >= 4 is 5.91 Å². The molecule has 1 amide bonds. The molecule has 172 valence electrons. The van der Waals surface area contributed by atoms with Crippen LogP contribution in [-0.2, 0) is 6.54 Å². The Morgan fingerprint density at radius 2 is 1.70 bits per heavy atom. The minimum Gasteiger partial charge on any atom is -0.336 e. The van der Waals surface area contributed by atoms with Crippen LogP contribution in [0.5, 0.6) is 0 Å². The lowest BCUT2D eigenvalue weighted by molar-refractivity contribution is 0.0668. The molecule has 33 heavy (non-hydrogen) atoms. The molecule has 3 aromatic rings. The topological polar surface area (TPSA) is 36.4 Å². The molecule has 1 fully saturated rings. The number of amides is 1. The molecule has 0 bridgehead atoms. The lowest BCUT2D eigenvalue weighted by Crippen LogP contribution is -2.42. The monoisotopic (exact) mass is 449 g/mol. The van der Waals surface area contributed by atoms with Gasteiger partial charge in [0.25, 0.3) is 5.91 Å². The van der Waals surface area contributed by atoms with Crippen molar-refractivity contribution in [1.82, 2.24) is 14.8 Å². The van der Waals surface area contributed by atoms with E-state index in [2.05, 4.69) is 16.0 Å². The lowest BCUT2D eigenvalue weighted by atomic mass is 9.88. The molecule has 4 nitrogen and oxygen atoms in total. The van der Waals surface area contributed by atoms with Gasteiger partial charge in [-0.05, 0) is 73.4 Å². The summed E-state index contributed by atoms with van der Waals surface area (Å²) in [7, 11) is 0. The normalized spacial score (nSPS) is 18.6. The van der Waals surface area contributed by atoms with Gasteiger partial charge < -0.3 is 4.90 Å². The zero-order chi connectivity index (χ0) is 23.4. The van der Waals surface area contributed by atoms with Crippen molar-refractivity contribution in [1.29, 1.82) is 0 Å². The molecule has 1 aromatic heterocycles. The van der Waals surface area contributed by atoms with Gasteiger partial charge in [0.1, 0.15) is 11.6 Å². The van der Waals surface area contributed by atoms with E-state index in [9.17, 15) is 13.6 Å². The Kier molecular flexibility index (Phi) is 7.14. The van der Waals surface area contributed by atoms with E-state index in [1.165, 1.54) is 36.4 Å². The first-order valence-electron chi connectivity index (χ1n) is 11.3. The van der Waals surface area contributed by atoms with E-state index in [4.69, 9.17) is 0 Å². The van der Waals surface area contributed by atoms with Crippen LogP contribution >= 0.6 is 0 Å². The van der Waals surface area contributed by atoms with Crippen LogP contribution in [-0.4, -0.2) is 46.4 Å². The minimum absolute atomic E-state index is 0.0104. The fourth-order valence-corrected chi connectivity index (χ4v) is 4.65. The number of halogens is 2. The zero-order valence-electron chi connectivity index (χ0n) is 19.0. The Morgan fingerprint density at radius 3 is 2.30 bits per heavy atom. The van der Waals surface area contributed by atoms with Crippen molar-refractivity contribution in [2.24, 2.45) is 5.92 Å². The maximum atomic E-state index is 13.6. The Morgan fingerprint density at radius 1 is 1.03 bits per heavy atom. The van der Waals surface area contributed by atoms with Crippen molar-refractivity contribution in [3.63, 3.8) is 0 Å². The van der Waals surface area contributed by atoms with Crippen molar-refractivity contribution < 1.29 is 13.6 Å². The van der Waals surface area contributed by atoms with Gasteiger partial charge in [-0.1, -0.05) is 18.2 Å². The summed E-state index contributed by atoms with van der Waals surface area (Å²) in [5.41, 5.74) is 2.70. The number of hydrogen-bond acceptors (Lipinski definition) is 3. The second kappa shape index (κ2) is 10.2. The molecule has 1 aliphatic rings. The summed E-state index contributed by atoms with van der Waals surface area (Å²) < 4.78 is 26.9. The van der Waals surface area contributed by atoms with Crippen molar-refractivity contribution in [2.75, 3.05) is 19.6 Å². The third-order valence-electron chi connectivity index (χ3n) is 6.35. The fraction of sp³-hybridized carbons (Fsp3) is 0.333. The molecule has 6 heteroatoms. The summed E-state index contributed by atoms with van der Waals surface area (Å²) in [6, 6.07) is 16.4. The molecule has 0 N–H and O–H groups in total. The molecule has 0 aliphatic carbocycles. The average Bonchev–Trinajstić information content (AvgIpc) is 3.20. The smallest absolute Gasteiger partial charge is 0.254 e. The average molecular weight is 450 g/mol. The Labute approximate surface area is 193 Å². The van der Waals surface area contributed by atoms with E-state index >= 15 is 0 Å². The lowest BCUT2D eigenvalue weighted by Gasteiger charge is -2.32. The van der Waals surface area contributed by atoms with E-state index in [0.29, 0.717) is 12.1 Å². The van der Waals surface area contributed by atoms with Gasteiger partial charge >= 0.3 is 0 Å². The van der Waals surface area contributed by atoms with Gasteiger partial charge in [-0.2, -0.15) is 0 Å². The molecule has 1 saturated heterocycles. The molecular formula is C27H29F2N3O. The van der Waals surface area contributed by atoms with Crippen LogP contribution in [0.1, 0.15) is 41.3 Å². The van der Waals surface area contributed by atoms with Gasteiger partial charge in [-0.3, -0.25) is 14.7 Å². The maximum Gasteiger partial charge on any atom is 0.254 e. The summed E-state index contributed by atoms with van der Waals surface area (Å²) in [5, 5.41) is 0. The number of nitrogens with zero attached hydrogens (tertiary/aromatic N) is 3. The third kappa shape index (κ3) is 5.63. The molecule has 0 spiro atoms. The highest BCUT2D eigenvalue weighted by atomic mass is 19.1. The predicted molar refractivity (Wildman–Crippen MR) is 125 cm³/mol. The highest BCUT2D eigenvalue weighted by Gasteiger charge is 2.36. The van der Waals surface area contributed by atoms with Gasteiger partial charge in [0.05, 0.1) is 0 Å². The Balaban J connectivity index is 1.57. The first-order valence-corrected chi connectivity index (χ1v) is 11.3. The molecular weight excluding hydrogens is 420 g/mol. The number of aromatic nitrogens is 1. The minimum atomic E-state index is -0.360. The molecule has 0 saturated carbocycles. The van der Waals surface area contributed by atoms with Crippen molar-refractivity contribution in [2.45, 2.75) is 32.4 Å². The number of rotatable bonds is 7. The quantitative estimate of drug-likeness (QED) is 0.502. The van der Waals surface area contributed by atoms with Crippen LogP contribution in [0.3, 0.4) is 0 Å². The first-order chi connectivity index (χ1) is 15.9. The second-order valence-electron chi connectivity index (χ2n) is 9.03. The molecule has 1 aliphatic heterocycles. The van der Waals surface area contributed by atoms with Crippen LogP contribution in [0.25, 0.3) is 0 Å². The largest absolute Gasteiger partial charge is 0.336 e. The highest BCUT2D eigenvalue weighted by molar-refractivity contribution is 5.94. The van der Waals surface area contributed by atoms with Crippen LogP contribution in [0.4, 0.5) is 8.78 Å². The van der Waals surface area contributed by atoms with Gasteiger partial charge in [-0.15, -0.1) is 0 Å². The van der Waals surface area contributed by atoms with Crippen molar-refractivity contribution in [3.05, 3.63) is 101 Å². The van der Waals surface area contributed by atoms with Crippen LogP contribution in [0.2, 0.25) is 0 Å². The molecule has 2 atom stereocenters. The summed E-state index contributed by atoms with van der Waals surface area (Å²) in [4.78, 5) is 21.7. The van der Waals surface area contributed by atoms with Gasteiger partial charge in [-0.25, -0.2) is 8.78 Å². The van der Waals surface area contributed by atoms with Crippen LogP contribution in [0, 0.1) is 17.6 Å². The first kappa shape index (κ1) is 23.1. The molecule has 2 unspecified atom stereocenters. The standard InChI is InChI=1S/C27H29F2N3O/c1-19(2)32(27(33)22-7-11-25(29)12-8-22)17-23-16-31(15-20-4-3-13-30-14-20)18-26(23)21-5-9-24(28)10-6-21/h3-14,19,23,26H,15-18H2,1-2H3. The van der Waals surface area contributed by atoms with E-state index in [-0.39, 0.29) is 35.4 Å². The summed E-state index contributed by atoms with van der Waals surface area (Å²) >= 11 is 0. The molecule has 0 radical (unpaired) electrons. The van der Waals surface area contributed by atoms with E-state index in [1.807, 2.05) is 43.1 Å². The van der Waals surface area contributed by atoms with E-state index < -0.39 is 0 Å². The van der Waals surface area contributed by atoms with Crippen LogP contribution in [0.15, 0.2) is 73.1 Å². The van der Waals surface area contributed by atoms with Crippen LogP contribution < -0.4 is 0 Å². The van der Waals surface area contributed by atoms with Crippen molar-refractivity contribution in [3.8, 4) is 0 Å². The van der Waals surface area contributed by atoms with Gasteiger partial charge in [0.15, 0.2) is 0 Å². The molecule has 2 heterocycles. The number of hydrogen-bond donors (Lipinski definition) is 0. The highest BCUT2D eigenvalue weighted by Crippen LogP contribution is 2.35. The number of likely N-dealkylation sites (tertiary alicyclic amines) is 1. The van der Waals surface area contributed by atoms with E-state index in [0.717, 1.165) is 30.8 Å².